The van der Waals surface area contributed by atoms with Crippen LogP contribution < -0.4 is 0 Å². The molecule has 22 heavy (non-hydrogen) atoms. The molecule has 0 unspecified atom stereocenters. The largest absolute Gasteiger partial charge is 0.454 e. The molecule has 1 heterocycles. The van der Waals surface area contributed by atoms with Crippen LogP contribution in [0.3, 0.4) is 0 Å². The third-order valence-electron chi connectivity index (χ3n) is 3.34. The van der Waals surface area contributed by atoms with E-state index in [0.29, 0.717) is 5.56 Å². The number of carbonyl (C=O) groups is 1. The van der Waals surface area contributed by atoms with Crippen molar-refractivity contribution in [3.05, 3.63) is 78.4 Å². The zero-order valence-electron chi connectivity index (χ0n) is 12.1. The Morgan fingerprint density at radius 1 is 1.09 bits per heavy atom. The molecule has 0 N–H and O–H groups in total. The number of carbonyl (C=O) groups excluding carboxylic acids is 1. The lowest BCUT2D eigenvalue weighted by atomic mass is 10.1. The minimum absolute atomic E-state index is 0.288. The van der Waals surface area contributed by atoms with Crippen LogP contribution in [0.1, 0.15) is 28.9 Å². The van der Waals surface area contributed by atoms with Crippen molar-refractivity contribution in [2.75, 3.05) is 0 Å². The van der Waals surface area contributed by atoms with E-state index in [-0.39, 0.29) is 12.1 Å². The monoisotopic (exact) mass is 293 g/mol. The van der Waals surface area contributed by atoms with Gasteiger partial charge in [0.05, 0.1) is 11.3 Å². The smallest absolute Gasteiger partial charge is 0.338 e. The summed E-state index contributed by atoms with van der Waals surface area (Å²) in [4.78, 5) is 16.1. The lowest BCUT2D eigenvalue weighted by Crippen LogP contribution is -2.09. The molecule has 0 aliphatic heterocycles. The Hall–Kier alpha value is -2.95. The predicted octanol–water partition coefficient (Wildman–Crippen LogP) is 3.19. The summed E-state index contributed by atoms with van der Waals surface area (Å²) in [5, 5.41) is 4.04. The van der Waals surface area contributed by atoms with Gasteiger partial charge in [-0.1, -0.05) is 30.3 Å². The van der Waals surface area contributed by atoms with Crippen molar-refractivity contribution in [1.29, 1.82) is 0 Å². The van der Waals surface area contributed by atoms with Gasteiger partial charge in [-0.15, -0.1) is 0 Å². The number of hydrogen-bond donors (Lipinski definition) is 0. The fraction of sp³-hybridized carbons (Fsp3) is 0.118. The van der Waals surface area contributed by atoms with Crippen molar-refractivity contribution in [3.63, 3.8) is 0 Å². The van der Waals surface area contributed by atoms with Crippen LogP contribution in [0.2, 0.25) is 0 Å². The normalized spacial score (nSPS) is 11.9. The van der Waals surface area contributed by atoms with Crippen LogP contribution in [0.4, 0.5) is 0 Å². The molecule has 0 spiro atoms. The molecule has 3 rings (SSSR count). The second-order valence-corrected chi connectivity index (χ2v) is 4.85. The van der Waals surface area contributed by atoms with Crippen molar-refractivity contribution in [2.24, 2.45) is 0 Å². The Morgan fingerprint density at radius 2 is 1.82 bits per heavy atom. The Morgan fingerprint density at radius 3 is 2.45 bits per heavy atom. The Kier molecular flexibility index (Phi) is 3.96. The Bertz CT molecular complexity index is 737. The maximum absolute atomic E-state index is 12.2. The standard InChI is InChI=1S/C17H15N3O2/c1-13(14-5-3-2-4-6-14)22-17(21)15-7-9-16(10-8-15)20-12-18-11-19-20/h2-13H,1H3/t13-/m0/s1. The summed E-state index contributed by atoms with van der Waals surface area (Å²) in [6, 6.07) is 16.7. The van der Waals surface area contributed by atoms with Crippen molar-refractivity contribution in [3.8, 4) is 5.69 Å². The molecular formula is C17H15N3O2. The average Bonchev–Trinajstić information content (AvgIpc) is 3.10. The van der Waals surface area contributed by atoms with E-state index in [2.05, 4.69) is 10.1 Å². The van der Waals surface area contributed by atoms with E-state index in [9.17, 15) is 4.79 Å². The van der Waals surface area contributed by atoms with Crippen LogP contribution >= 0.6 is 0 Å². The van der Waals surface area contributed by atoms with E-state index < -0.39 is 0 Å². The fourth-order valence-electron chi connectivity index (χ4n) is 2.11. The molecule has 0 aliphatic carbocycles. The average molecular weight is 293 g/mol. The lowest BCUT2D eigenvalue weighted by molar-refractivity contribution is 0.0338. The highest BCUT2D eigenvalue weighted by Crippen LogP contribution is 2.18. The lowest BCUT2D eigenvalue weighted by Gasteiger charge is -2.13. The van der Waals surface area contributed by atoms with E-state index in [1.54, 1.807) is 35.3 Å². The molecule has 0 fully saturated rings. The SMILES string of the molecule is C[C@H](OC(=O)c1ccc(-n2cncn2)cc1)c1ccccc1. The summed E-state index contributed by atoms with van der Waals surface area (Å²) in [7, 11) is 0. The summed E-state index contributed by atoms with van der Waals surface area (Å²) < 4.78 is 7.11. The number of aromatic nitrogens is 3. The number of ether oxygens (including phenoxy) is 1. The van der Waals surface area contributed by atoms with Gasteiger partial charge in [0.2, 0.25) is 0 Å². The zero-order valence-corrected chi connectivity index (χ0v) is 12.1. The Balaban J connectivity index is 1.70. The van der Waals surface area contributed by atoms with Crippen molar-refractivity contribution in [2.45, 2.75) is 13.0 Å². The summed E-state index contributed by atoms with van der Waals surface area (Å²) in [6.45, 7) is 1.86. The zero-order chi connectivity index (χ0) is 15.4. The van der Waals surface area contributed by atoms with Crippen molar-refractivity contribution >= 4 is 5.97 Å². The second kappa shape index (κ2) is 6.22. The third-order valence-corrected chi connectivity index (χ3v) is 3.34. The highest BCUT2D eigenvalue weighted by atomic mass is 16.5. The molecule has 5 heteroatoms. The first-order chi connectivity index (χ1) is 10.7. The van der Waals surface area contributed by atoms with Gasteiger partial charge >= 0.3 is 5.97 Å². The van der Waals surface area contributed by atoms with Crippen molar-refractivity contribution in [1.82, 2.24) is 14.8 Å². The quantitative estimate of drug-likeness (QED) is 0.693. The summed E-state index contributed by atoms with van der Waals surface area (Å²) in [5.74, 6) is -0.346. The van der Waals surface area contributed by atoms with E-state index in [1.165, 1.54) is 6.33 Å². The minimum Gasteiger partial charge on any atom is -0.454 e. The van der Waals surface area contributed by atoms with Crippen molar-refractivity contribution < 1.29 is 9.53 Å². The van der Waals surface area contributed by atoms with Gasteiger partial charge in [0.25, 0.3) is 0 Å². The molecule has 0 amide bonds. The van der Waals surface area contributed by atoms with E-state index in [0.717, 1.165) is 11.3 Å². The predicted molar refractivity (Wildman–Crippen MR) is 81.6 cm³/mol. The van der Waals surface area contributed by atoms with Gasteiger partial charge in [-0.2, -0.15) is 5.10 Å². The maximum atomic E-state index is 12.2. The number of hydrogen-bond acceptors (Lipinski definition) is 4. The van der Waals surface area contributed by atoms with Gasteiger partial charge < -0.3 is 4.74 Å². The molecule has 0 aliphatic rings. The first-order valence-electron chi connectivity index (χ1n) is 6.95. The minimum atomic E-state index is -0.346. The highest BCUT2D eigenvalue weighted by Gasteiger charge is 2.13. The van der Waals surface area contributed by atoms with Crippen LogP contribution in [0, 0.1) is 0 Å². The van der Waals surface area contributed by atoms with Crippen LogP contribution in [-0.4, -0.2) is 20.7 Å². The summed E-state index contributed by atoms with van der Waals surface area (Å²) in [6.07, 6.45) is 2.78. The van der Waals surface area contributed by atoms with E-state index in [4.69, 9.17) is 4.74 Å². The number of benzene rings is 2. The van der Waals surface area contributed by atoms with E-state index in [1.807, 2.05) is 37.3 Å². The molecule has 0 saturated carbocycles. The molecule has 0 saturated heterocycles. The van der Waals surface area contributed by atoms with Crippen LogP contribution in [0.25, 0.3) is 5.69 Å². The topological polar surface area (TPSA) is 57.0 Å². The molecule has 0 radical (unpaired) electrons. The third kappa shape index (κ3) is 3.03. The van der Waals surface area contributed by atoms with E-state index >= 15 is 0 Å². The van der Waals surface area contributed by atoms with Gasteiger partial charge in [0, 0.05) is 0 Å². The number of esters is 1. The molecule has 1 atom stereocenters. The van der Waals surface area contributed by atoms with Gasteiger partial charge in [-0.05, 0) is 36.8 Å². The van der Waals surface area contributed by atoms with Gasteiger partial charge in [0.1, 0.15) is 18.8 Å². The van der Waals surface area contributed by atoms with Gasteiger partial charge in [-0.25, -0.2) is 14.5 Å². The van der Waals surface area contributed by atoms with Crippen LogP contribution in [0.15, 0.2) is 67.3 Å². The molecule has 0 bridgehead atoms. The number of rotatable bonds is 4. The summed E-state index contributed by atoms with van der Waals surface area (Å²) in [5.41, 5.74) is 2.31. The molecule has 3 aromatic rings. The molecule has 2 aromatic carbocycles. The first kappa shape index (κ1) is 14.0. The molecule has 5 nitrogen and oxygen atoms in total. The molecule has 110 valence electrons. The molecular weight excluding hydrogens is 278 g/mol. The second-order valence-electron chi connectivity index (χ2n) is 4.85. The van der Waals surface area contributed by atoms with Gasteiger partial charge in [0.15, 0.2) is 0 Å². The highest BCUT2D eigenvalue weighted by molar-refractivity contribution is 5.89. The number of nitrogens with zero attached hydrogens (tertiary/aromatic N) is 3. The maximum Gasteiger partial charge on any atom is 0.338 e. The Labute approximate surface area is 128 Å². The summed E-state index contributed by atoms with van der Waals surface area (Å²) >= 11 is 0. The van der Waals surface area contributed by atoms with Crippen LogP contribution in [0.5, 0.6) is 0 Å². The van der Waals surface area contributed by atoms with Crippen LogP contribution in [-0.2, 0) is 4.74 Å². The van der Waals surface area contributed by atoms with Gasteiger partial charge in [-0.3, -0.25) is 0 Å². The first-order valence-corrected chi connectivity index (χ1v) is 6.95. The fourth-order valence-corrected chi connectivity index (χ4v) is 2.11. The molecule has 1 aromatic heterocycles.